The average Bonchev–Trinajstić information content (AvgIpc) is 2.89. The van der Waals surface area contributed by atoms with E-state index >= 15 is 0 Å². The molecule has 1 aliphatic heterocycles. The number of H-pyrrole nitrogens is 1. The van der Waals surface area contributed by atoms with Gasteiger partial charge in [-0.1, -0.05) is 18.2 Å². The fourth-order valence-corrected chi connectivity index (χ4v) is 3.28. The van der Waals surface area contributed by atoms with Crippen LogP contribution in [0.2, 0.25) is 0 Å². The van der Waals surface area contributed by atoms with Crippen LogP contribution in [0.4, 0.5) is 0 Å². The quantitative estimate of drug-likeness (QED) is 0.811. The minimum Gasteiger partial charge on any atom is -0.360 e. The predicted octanol–water partition coefficient (Wildman–Crippen LogP) is 2.62. The molecule has 0 unspecified atom stereocenters. The van der Waals surface area contributed by atoms with Gasteiger partial charge in [-0.05, 0) is 19.0 Å². The zero-order valence-electron chi connectivity index (χ0n) is 8.49. The summed E-state index contributed by atoms with van der Waals surface area (Å²) in [5.41, 5.74) is 1.24. The summed E-state index contributed by atoms with van der Waals surface area (Å²) in [4.78, 5) is 4.71. The highest BCUT2D eigenvalue weighted by molar-refractivity contribution is 8.00. The van der Waals surface area contributed by atoms with Gasteiger partial charge in [0, 0.05) is 33.8 Å². The van der Waals surface area contributed by atoms with E-state index in [2.05, 4.69) is 40.8 Å². The highest BCUT2D eigenvalue weighted by Crippen LogP contribution is 2.32. The van der Waals surface area contributed by atoms with Crippen LogP contribution in [0.15, 0.2) is 35.4 Å². The zero-order valence-corrected chi connectivity index (χ0v) is 9.31. The number of aromatic amines is 1. The van der Waals surface area contributed by atoms with E-state index in [0.717, 1.165) is 11.8 Å². The molecule has 1 saturated heterocycles. The van der Waals surface area contributed by atoms with Crippen molar-refractivity contribution in [2.24, 2.45) is 0 Å². The van der Waals surface area contributed by atoms with Crippen molar-refractivity contribution in [1.29, 1.82) is 0 Å². The molecule has 15 heavy (non-hydrogen) atoms. The van der Waals surface area contributed by atoms with E-state index in [1.807, 2.05) is 11.8 Å². The summed E-state index contributed by atoms with van der Waals surface area (Å²) in [7, 11) is 0. The van der Waals surface area contributed by atoms with E-state index in [0.29, 0.717) is 0 Å². The number of para-hydroxylation sites is 1. The van der Waals surface area contributed by atoms with Gasteiger partial charge in [-0.25, -0.2) is 0 Å². The Balaban J connectivity index is 1.90. The predicted molar refractivity (Wildman–Crippen MR) is 65.4 cm³/mol. The van der Waals surface area contributed by atoms with E-state index in [1.165, 1.54) is 28.8 Å². The van der Waals surface area contributed by atoms with Gasteiger partial charge < -0.3 is 10.3 Å². The average molecular weight is 218 g/mol. The van der Waals surface area contributed by atoms with Crippen LogP contribution < -0.4 is 5.32 Å². The van der Waals surface area contributed by atoms with Crippen LogP contribution in [0.3, 0.4) is 0 Å². The lowest BCUT2D eigenvalue weighted by Crippen LogP contribution is -2.09. The molecule has 3 rings (SSSR count). The Kier molecular flexibility index (Phi) is 2.43. The second-order valence-electron chi connectivity index (χ2n) is 3.93. The third-order valence-electron chi connectivity index (χ3n) is 2.86. The van der Waals surface area contributed by atoms with Crippen molar-refractivity contribution < 1.29 is 0 Å². The fraction of sp³-hybridized carbons (Fsp3) is 0.333. The Morgan fingerprint density at radius 1 is 1.27 bits per heavy atom. The first-order valence-electron chi connectivity index (χ1n) is 5.37. The Morgan fingerprint density at radius 3 is 3.07 bits per heavy atom. The van der Waals surface area contributed by atoms with Gasteiger partial charge in [0.2, 0.25) is 0 Å². The van der Waals surface area contributed by atoms with Crippen LogP contribution in [-0.4, -0.2) is 23.3 Å². The molecule has 1 aromatic carbocycles. The number of nitrogens with one attached hydrogen (secondary N) is 2. The molecule has 1 aliphatic rings. The molecule has 0 bridgehead atoms. The normalized spacial score (nSPS) is 21.2. The molecule has 78 valence electrons. The van der Waals surface area contributed by atoms with Crippen molar-refractivity contribution in [3.63, 3.8) is 0 Å². The second-order valence-corrected chi connectivity index (χ2v) is 5.27. The number of hydrogen-bond donors (Lipinski definition) is 2. The van der Waals surface area contributed by atoms with Gasteiger partial charge in [0.15, 0.2) is 0 Å². The van der Waals surface area contributed by atoms with E-state index in [-0.39, 0.29) is 0 Å². The zero-order chi connectivity index (χ0) is 10.1. The van der Waals surface area contributed by atoms with Gasteiger partial charge in [0.25, 0.3) is 0 Å². The summed E-state index contributed by atoms with van der Waals surface area (Å²) < 4.78 is 0. The van der Waals surface area contributed by atoms with Crippen molar-refractivity contribution in [3.05, 3.63) is 30.5 Å². The molecule has 0 amide bonds. The van der Waals surface area contributed by atoms with Crippen molar-refractivity contribution in [2.45, 2.75) is 16.6 Å². The maximum Gasteiger partial charge on any atom is 0.0465 e. The van der Waals surface area contributed by atoms with Gasteiger partial charge >= 0.3 is 0 Å². The summed E-state index contributed by atoms with van der Waals surface area (Å²) in [5.74, 6) is 0. The van der Waals surface area contributed by atoms with Crippen LogP contribution in [0, 0.1) is 0 Å². The minimum absolute atomic E-state index is 0.740. The Hall–Kier alpha value is -0.930. The van der Waals surface area contributed by atoms with Crippen LogP contribution in [0.1, 0.15) is 6.42 Å². The van der Waals surface area contributed by atoms with Crippen LogP contribution in [0.5, 0.6) is 0 Å². The van der Waals surface area contributed by atoms with Gasteiger partial charge in [-0.3, -0.25) is 0 Å². The third-order valence-corrected chi connectivity index (χ3v) is 4.19. The third kappa shape index (κ3) is 1.77. The molecule has 1 aromatic heterocycles. The smallest absolute Gasteiger partial charge is 0.0465 e. The first kappa shape index (κ1) is 9.31. The number of benzene rings is 1. The number of hydrogen-bond acceptors (Lipinski definition) is 2. The fourth-order valence-electron chi connectivity index (χ4n) is 2.05. The molecule has 1 fully saturated rings. The van der Waals surface area contributed by atoms with E-state index < -0.39 is 0 Å². The monoisotopic (exact) mass is 218 g/mol. The van der Waals surface area contributed by atoms with Gasteiger partial charge in [-0.15, -0.1) is 11.8 Å². The minimum atomic E-state index is 0.740. The highest BCUT2D eigenvalue weighted by atomic mass is 32.2. The molecule has 0 radical (unpaired) electrons. The lowest BCUT2D eigenvalue weighted by Gasteiger charge is -2.05. The number of aromatic nitrogens is 1. The number of thioether (sulfide) groups is 1. The Labute approximate surface area is 93.4 Å². The molecule has 2 heterocycles. The summed E-state index contributed by atoms with van der Waals surface area (Å²) in [6, 6.07) is 8.50. The molecule has 2 nitrogen and oxygen atoms in total. The number of rotatable bonds is 2. The molecule has 2 N–H and O–H groups in total. The van der Waals surface area contributed by atoms with Gasteiger partial charge in [-0.2, -0.15) is 0 Å². The SMILES string of the molecule is c1ccc2c(S[C@@H]3CCNC3)c[nH]c2c1. The van der Waals surface area contributed by atoms with Crippen LogP contribution in [0.25, 0.3) is 10.9 Å². The molecular weight excluding hydrogens is 204 g/mol. The lowest BCUT2D eigenvalue weighted by atomic mass is 10.2. The molecular formula is C12H14N2S. The maximum atomic E-state index is 3.40. The van der Waals surface area contributed by atoms with Crippen molar-refractivity contribution >= 4 is 22.7 Å². The summed E-state index contributed by atoms with van der Waals surface area (Å²) >= 11 is 1.99. The second kappa shape index (κ2) is 3.91. The molecule has 2 aromatic rings. The first-order valence-corrected chi connectivity index (χ1v) is 6.25. The first-order chi connectivity index (χ1) is 7.43. The van der Waals surface area contributed by atoms with Crippen LogP contribution in [-0.2, 0) is 0 Å². The summed E-state index contributed by atoms with van der Waals surface area (Å²) in [6.45, 7) is 2.31. The van der Waals surface area contributed by atoms with Crippen LogP contribution >= 0.6 is 11.8 Å². The summed E-state index contributed by atoms with van der Waals surface area (Å²) in [5, 5.41) is 5.50. The van der Waals surface area contributed by atoms with Gasteiger partial charge in [0.05, 0.1) is 0 Å². The lowest BCUT2D eigenvalue weighted by molar-refractivity contribution is 0.858. The summed E-state index contributed by atoms with van der Waals surface area (Å²) in [6.07, 6.45) is 3.41. The van der Waals surface area contributed by atoms with Gasteiger partial charge in [0.1, 0.15) is 0 Å². The molecule has 0 saturated carbocycles. The van der Waals surface area contributed by atoms with E-state index in [9.17, 15) is 0 Å². The topological polar surface area (TPSA) is 27.8 Å². The largest absolute Gasteiger partial charge is 0.360 e. The maximum absolute atomic E-state index is 3.40. The highest BCUT2D eigenvalue weighted by Gasteiger charge is 2.16. The van der Waals surface area contributed by atoms with E-state index in [4.69, 9.17) is 0 Å². The number of fused-ring (bicyclic) bond motifs is 1. The molecule has 3 heteroatoms. The Bertz CT molecular complexity index is 457. The standard InChI is InChI=1S/C12H14N2S/c1-2-4-11-10(3-1)12(8-14-11)15-9-5-6-13-7-9/h1-4,8-9,13-14H,5-7H2/t9-/m1/s1. The molecule has 1 atom stereocenters. The van der Waals surface area contributed by atoms with E-state index in [1.54, 1.807) is 0 Å². The Morgan fingerprint density at radius 2 is 2.20 bits per heavy atom. The molecule has 0 aliphatic carbocycles. The molecule has 0 spiro atoms. The van der Waals surface area contributed by atoms with Crippen molar-refractivity contribution in [2.75, 3.05) is 13.1 Å². The van der Waals surface area contributed by atoms with Crippen molar-refractivity contribution in [1.82, 2.24) is 10.3 Å². The van der Waals surface area contributed by atoms with Crippen molar-refractivity contribution in [3.8, 4) is 0 Å².